The number of nitrogens with two attached hydrogens (primary N) is 1. The summed E-state index contributed by atoms with van der Waals surface area (Å²) in [6, 6.07) is 0. The van der Waals surface area contributed by atoms with Crippen molar-refractivity contribution in [3.63, 3.8) is 0 Å². The number of nitrogens with one attached hydrogen (secondary N) is 1. The lowest BCUT2D eigenvalue weighted by Crippen LogP contribution is -2.01. The molecule has 0 amide bonds. The molecule has 1 aromatic heterocycles. The average Bonchev–Trinajstić information content (AvgIpc) is 2.13. The van der Waals surface area contributed by atoms with Crippen molar-refractivity contribution in [1.29, 1.82) is 0 Å². The molecule has 0 aromatic carbocycles. The number of hydrogen-bond donors (Lipinski definition) is 2. The van der Waals surface area contributed by atoms with Gasteiger partial charge < -0.3 is 5.73 Å². The topological polar surface area (TPSA) is 93.8 Å². The minimum absolute atomic E-state index is 0.0682. The van der Waals surface area contributed by atoms with Gasteiger partial charge in [0.1, 0.15) is 5.02 Å². The molecule has 0 aliphatic carbocycles. The van der Waals surface area contributed by atoms with Crippen LogP contribution in [0, 0.1) is 0 Å². The predicted octanol–water partition coefficient (Wildman–Crippen LogP) is 1.28. The van der Waals surface area contributed by atoms with E-state index in [0.717, 1.165) is 0 Å². The highest BCUT2D eigenvalue weighted by Gasteiger charge is 2.17. The van der Waals surface area contributed by atoms with E-state index in [2.05, 4.69) is 20.5 Å². The zero-order valence-corrected chi connectivity index (χ0v) is 8.51. The highest BCUT2D eigenvalue weighted by molar-refractivity contribution is 7.46. The first kappa shape index (κ1) is 10.1. The molecule has 0 aliphatic rings. The lowest BCUT2D eigenvalue weighted by atomic mass is 10.6. The van der Waals surface area contributed by atoms with Crippen LogP contribution >= 0.6 is 19.6 Å². The van der Waals surface area contributed by atoms with E-state index < -0.39 is 7.95 Å². The Labute approximate surface area is 80.7 Å². The molecule has 0 bridgehead atoms. The monoisotopic (exact) mass is 220 g/mol. The van der Waals surface area contributed by atoms with Crippen molar-refractivity contribution < 1.29 is 4.57 Å². The SMILES string of the molecule is CC[P+](=O)Nc1nnnc(N)c1Cl. The van der Waals surface area contributed by atoms with Gasteiger partial charge in [0.05, 0.1) is 0 Å². The molecule has 1 aromatic rings. The minimum atomic E-state index is -1.55. The molecule has 1 unspecified atom stereocenters. The number of nitrogen functional groups attached to an aromatic ring is 1. The molecule has 0 radical (unpaired) electrons. The normalized spacial score (nSPS) is 11.1. The van der Waals surface area contributed by atoms with Gasteiger partial charge >= 0.3 is 7.95 Å². The van der Waals surface area contributed by atoms with Crippen molar-refractivity contribution in [3.05, 3.63) is 5.02 Å². The smallest absolute Gasteiger partial charge is 0.381 e. The zero-order chi connectivity index (χ0) is 9.84. The van der Waals surface area contributed by atoms with Crippen LogP contribution in [0.25, 0.3) is 0 Å². The van der Waals surface area contributed by atoms with Crippen LogP contribution in [-0.2, 0) is 4.57 Å². The highest BCUT2D eigenvalue weighted by atomic mass is 35.5. The van der Waals surface area contributed by atoms with Crippen LogP contribution in [0.4, 0.5) is 11.6 Å². The van der Waals surface area contributed by atoms with Gasteiger partial charge in [0, 0.05) is 0 Å². The summed E-state index contributed by atoms with van der Waals surface area (Å²) in [5, 5.41) is 13.0. The van der Waals surface area contributed by atoms with Crippen LogP contribution in [0.2, 0.25) is 5.02 Å². The second-order valence-electron chi connectivity index (χ2n) is 2.14. The molecular formula is C5H8ClN5OP+. The molecule has 0 aliphatic heterocycles. The third-order valence-corrected chi connectivity index (χ3v) is 2.66. The summed E-state index contributed by atoms with van der Waals surface area (Å²) in [6.07, 6.45) is 0.482. The Morgan fingerprint density at radius 1 is 1.62 bits per heavy atom. The molecule has 13 heavy (non-hydrogen) atoms. The highest BCUT2D eigenvalue weighted by Crippen LogP contribution is 2.29. The van der Waals surface area contributed by atoms with Gasteiger partial charge in [-0.3, -0.25) is 0 Å². The number of rotatable bonds is 3. The van der Waals surface area contributed by atoms with Crippen molar-refractivity contribution in [2.75, 3.05) is 17.0 Å². The summed E-state index contributed by atoms with van der Waals surface area (Å²) in [5.74, 6) is 0.274. The van der Waals surface area contributed by atoms with E-state index in [0.29, 0.717) is 6.16 Å². The Balaban J connectivity index is 2.89. The van der Waals surface area contributed by atoms with Crippen molar-refractivity contribution in [2.45, 2.75) is 6.92 Å². The summed E-state index contributed by atoms with van der Waals surface area (Å²) in [5.41, 5.74) is 5.36. The summed E-state index contributed by atoms with van der Waals surface area (Å²) in [4.78, 5) is 0. The number of aromatic nitrogens is 3. The Bertz CT molecular complexity index is 333. The Morgan fingerprint density at radius 3 is 2.92 bits per heavy atom. The summed E-state index contributed by atoms with van der Waals surface area (Å²) in [6.45, 7) is 1.78. The Hall–Kier alpha value is -1.00. The summed E-state index contributed by atoms with van der Waals surface area (Å²) >= 11 is 5.71. The maximum atomic E-state index is 11.1. The van der Waals surface area contributed by atoms with Gasteiger partial charge in [-0.2, -0.15) is 5.09 Å². The molecule has 0 fully saturated rings. The van der Waals surface area contributed by atoms with Gasteiger partial charge in [-0.25, -0.2) is 0 Å². The van der Waals surface area contributed by atoms with E-state index in [1.54, 1.807) is 6.92 Å². The van der Waals surface area contributed by atoms with Gasteiger partial charge in [0.2, 0.25) is 5.82 Å². The van der Waals surface area contributed by atoms with Crippen LogP contribution in [0.5, 0.6) is 0 Å². The van der Waals surface area contributed by atoms with Crippen LogP contribution in [0.3, 0.4) is 0 Å². The van der Waals surface area contributed by atoms with Crippen molar-refractivity contribution in [2.24, 2.45) is 0 Å². The van der Waals surface area contributed by atoms with Gasteiger partial charge in [-0.1, -0.05) is 11.6 Å². The molecule has 1 heterocycles. The average molecular weight is 221 g/mol. The predicted molar refractivity (Wildman–Crippen MR) is 51.0 cm³/mol. The number of anilines is 2. The Morgan fingerprint density at radius 2 is 2.31 bits per heavy atom. The zero-order valence-electron chi connectivity index (χ0n) is 6.86. The standard InChI is InChI=1S/C5H8ClN5OP/c1-2-13(12)10-5-3(6)4(7)8-11-9-5/h2H2,1H3,(H3,7,8,9,10,12)/q+1. The number of nitrogens with zero attached hydrogens (tertiary/aromatic N) is 3. The lowest BCUT2D eigenvalue weighted by molar-refractivity contribution is 0.591. The third kappa shape index (κ3) is 2.47. The molecule has 8 heteroatoms. The van der Waals surface area contributed by atoms with Crippen LogP contribution in [0.15, 0.2) is 0 Å². The maximum absolute atomic E-state index is 11.1. The first-order valence-corrected chi connectivity index (χ1v) is 5.33. The van der Waals surface area contributed by atoms with Crippen molar-refractivity contribution >= 4 is 31.2 Å². The molecule has 0 saturated heterocycles. The van der Waals surface area contributed by atoms with Gasteiger partial charge in [-0.15, -0.1) is 10.2 Å². The molecule has 0 saturated carbocycles. The lowest BCUT2D eigenvalue weighted by Gasteiger charge is -1.97. The molecule has 1 rings (SSSR count). The molecular weight excluding hydrogens is 213 g/mol. The number of hydrogen-bond acceptors (Lipinski definition) is 5. The largest absolute Gasteiger partial charge is 0.460 e. The molecule has 1 atom stereocenters. The molecule has 6 nitrogen and oxygen atoms in total. The Kier molecular flexibility index (Phi) is 3.33. The van der Waals surface area contributed by atoms with E-state index in [9.17, 15) is 4.57 Å². The quantitative estimate of drug-likeness (QED) is 0.746. The second-order valence-corrected chi connectivity index (χ2v) is 4.13. The van der Waals surface area contributed by atoms with Crippen molar-refractivity contribution in [1.82, 2.24) is 15.4 Å². The number of halogens is 1. The van der Waals surface area contributed by atoms with E-state index in [1.165, 1.54) is 0 Å². The van der Waals surface area contributed by atoms with E-state index in [1.807, 2.05) is 0 Å². The van der Waals surface area contributed by atoms with Gasteiger partial charge in [0.15, 0.2) is 12.0 Å². The maximum Gasteiger partial charge on any atom is 0.460 e. The van der Waals surface area contributed by atoms with Gasteiger partial charge in [0.25, 0.3) is 0 Å². The van der Waals surface area contributed by atoms with Crippen LogP contribution < -0.4 is 10.8 Å². The minimum Gasteiger partial charge on any atom is -0.381 e. The second kappa shape index (κ2) is 4.30. The fraction of sp³-hybridized carbons (Fsp3) is 0.400. The third-order valence-electron chi connectivity index (χ3n) is 1.25. The molecule has 0 spiro atoms. The van der Waals surface area contributed by atoms with Gasteiger partial charge in [-0.05, 0) is 16.7 Å². The first-order chi connectivity index (χ1) is 6.15. The van der Waals surface area contributed by atoms with Crippen LogP contribution in [0.1, 0.15) is 6.92 Å². The molecule has 3 N–H and O–H groups in total. The fourth-order valence-electron chi connectivity index (χ4n) is 0.593. The summed E-state index contributed by atoms with van der Waals surface area (Å²) in [7, 11) is -1.55. The summed E-state index contributed by atoms with van der Waals surface area (Å²) < 4.78 is 11.1. The fourth-order valence-corrected chi connectivity index (χ4v) is 1.33. The van der Waals surface area contributed by atoms with E-state index in [-0.39, 0.29) is 16.7 Å². The van der Waals surface area contributed by atoms with E-state index >= 15 is 0 Å². The van der Waals surface area contributed by atoms with Crippen LogP contribution in [-0.4, -0.2) is 21.6 Å². The van der Waals surface area contributed by atoms with E-state index in [4.69, 9.17) is 17.3 Å². The molecule has 70 valence electrons. The van der Waals surface area contributed by atoms with Crippen molar-refractivity contribution in [3.8, 4) is 0 Å². The first-order valence-electron chi connectivity index (χ1n) is 3.50.